The normalized spacial score (nSPS) is 10.1. The van der Waals surface area contributed by atoms with Crippen LogP contribution in [0.25, 0.3) is 0 Å². The van der Waals surface area contributed by atoms with Gasteiger partial charge in [-0.15, -0.1) is 0 Å². The minimum absolute atomic E-state index is 0.0878. The third-order valence-electron chi connectivity index (χ3n) is 2.99. The molecular weight excluding hydrogens is 254 g/mol. The minimum Gasteiger partial charge on any atom is -0.385 e. The molecular formula is C15H23N3O2. The minimum atomic E-state index is -0.300. The fraction of sp³-hybridized carbons (Fsp3) is 0.467. The van der Waals surface area contributed by atoms with Crippen LogP contribution in [-0.2, 0) is 4.79 Å². The molecule has 0 saturated heterocycles. The molecule has 2 amide bonds. The average Bonchev–Trinajstić information content (AvgIpc) is 2.40. The van der Waals surface area contributed by atoms with Crippen LogP contribution in [0.5, 0.6) is 0 Å². The van der Waals surface area contributed by atoms with Crippen molar-refractivity contribution in [1.82, 2.24) is 5.32 Å². The Morgan fingerprint density at radius 2 is 2.00 bits per heavy atom. The number of nitrogens with one attached hydrogen (secondary N) is 2. The molecule has 0 atom stereocenters. The number of primary amides is 1. The molecule has 0 spiro atoms. The summed E-state index contributed by atoms with van der Waals surface area (Å²) in [7, 11) is 0. The molecule has 0 saturated carbocycles. The van der Waals surface area contributed by atoms with Crippen LogP contribution in [0.3, 0.4) is 0 Å². The Hall–Kier alpha value is -2.04. The van der Waals surface area contributed by atoms with E-state index in [0.29, 0.717) is 24.9 Å². The van der Waals surface area contributed by atoms with Crippen LogP contribution in [0.4, 0.5) is 5.69 Å². The lowest BCUT2D eigenvalue weighted by Crippen LogP contribution is -2.24. The number of carbonyl (C=O) groups is 2. The van der Waals surface area contributed by atoms with E-state index in [1.165, 1.54) is 0 Å². The zero-order valence-electron chi connectivity index (χ0n) is 12.2. The second kappa shape index (κ2) is 8.19. The van der Waals surface area contributed by atoms with Crippen LogP contribution in [0.1, 0.15) is 42.1 Å². The average molecular weight is 277 g/mol. The molecule has 0 aliphatic carbocycles. The van der Waals surface area contributed by atoms with Crippen molar-refractivity contribution in [3.05, 3.63) is 29.3 Å². The molecule has 1 aromatic rings. The fourth-order valence-corrected chi connectivity index (χ4v) is 1.92. The molecule has 0 bridgehead atoms. The molecule has 0 aliphatic rings. The van der Waals surface area contributed by atoms with Crippen molar-refractivity contribution in [1.29, 1.82) is 0 Å². The highest BCUT2D eigenvalue weighted by atomic mass is 16.2. The molecule has 0 radical (unpaired) electrons. The van der Waals surface area contributed by atoms with Gasteiger partial charge in [0.15, 0.2) is 0 Å². The van der Waals surface area contributed by atoms with Crippen LogP contribution in [-0.4, -0.2) is 24.9 Å². The van der Waals surface area contributed by atoms with Gasteiger partial charge in [-0.2, -0.15) is 0 Å². The van der Waals surface area contributed by atoms with E-state index in [1.807, 2.05) is 32.0 Å². The Kier molecular flexibility index (Phi) is 6.56. The summed E-state index contributed by atoms with van der Waals surface area (Å²) >= 11 is 0. The first kappa shape index (κ1) is 16.0. The SMILES string of the molecule is CCNc1ccc(C(=O)NCCCCC(N)=O)cc1C. The van der Waals surface area contributed by atoms with E-state index in [1.54, 1.807) is 0 Å². The lowest BCUT2D eigenvalue weighted by atomic mass is 10.1. The van der Waals surface area contributed by atoms with Crippen molar-refractivity contribution in [2.45, 2.75) is 33.1 Å². The Bertz CT molecular complexity index is 472. The number of nitrogens with two attached hydrogens (primary N) is 1. The number of anilines is 1. The van der Waals surface area contributed by atoms with E-state index >= 15 is 0 Å². The van der Waals surface area contributed by atoms with Gasteiger partial charge in [0, 0.05) is 30.8 Å². The fourth-order valence-electron chi connectivity index (χ4n) is 1.92. The lowest BCUT2D eigenvalue weighted by Gasteiger charge is -2.10. The highest BCUT2D eigenvalue weighted by molar-refractivity contribution is 5.94. The maximum atomic E-state index is 11.9. The van der Waals surface area contributed by atoms with Crippen molar-refractivity contribution in [2.75, 3.05) is 18.4 Å². The van der Waals surface area contributed by atoms with Gasteiger partial charge >= 0.3 is 0 Å². The molecule has 20 heavy (non-hydrogen) atoms. The highest BCUT2D eigenvalue weighted by Crippen LogP contribution is 2.16. The zero-order chi connectivity index (χ0) is 15.0. The highest BCUT2D eigenvalue weighted by Gasteiger charge is 2.07. The number of hydrogen-bond acceptors (Lipinski definition) is 3. The van der Waals surface area contributed by atoms with Gasteiger partial charge in [-0.3, -0.25) is 9.59 Å². The second-order valence-electron chi connectivity index (χ2n) is 4.74. The molecule has 0 aromatic heterocycles. The Morgan fingerprint density at radius 1 is 1.25 bits per heavy atom. The number of hydrogen-bond donors (Lipinski definition) is 3. The standard InChI is InChI=1S/C15H23N3O2/c1-3-17-13-8-7-12(10-11(13)2)15(20)18-9-5-4-6-14(16)19/h7-8,10,17H,3-6,9H2,1-2H3,(H2,16,19)(H,18,20). The largest absolute Gasteiger partial charge is 0.385 e. The maximum absolute atomic E-state index is 11.9. The van der Waals surface area contributed by atoms with Gasteiger partial charge < -0.3 is 16.4 Å². The van der Waals surface area contributed by atoms with E-state index in [9.17, 15) is 9.59 Å². The van der Waals surface area contributed by atoms with Crippen molar-refractivity contribution in [3.63, 3.8) is 0 Å². The first-order valence-corrected chi connectivity index (χ1v) is 6.95. The van der Waals surface area contributed by atoms with Gasteiger partial charge in [0.2, 0.25) is 5.91 Å². The van der Waals surface area contributed by atoms with Gasteiger partial charge in [-0.1, -0.05) is 0 Å². The lowest BCUT2D eigenvalue weighted by molar-refractivity contribution is -0.118. The summed E-state index contributed by atoms with van der Waals surface area (Å²) in [5.74, 6) is -0.388. The van der Waals surface area contributed by atoms with E-state index < -0.39 is 0 Å². The maximum Gasteiger partial charge on any atom is 0.251 e. The van der Waals surface area contributed by atoms with E-state index in [2.05, 4.69) is 10.6 Å². The van der Waals surface area contributed by atoms with E-state index in [-0.39, 0.29) is 11.8 Å². The molecule has 110 valence electrons. The van der Waals surface area contributed by atoms with Crippen LogP contribution >= 0.6 is 0 Å². The second-order valence-corrected chi connectivity index (χ2v) is 4.74. The number of unbranched alkanes of at least 4 members (excludes halogenated alkanes) is 1. The number of aryl methyl sites for hydroxylation is 1. The Balaban J connectivity index is 2.43. The number of carbonyl (C=O) groups excluding carboxylic acids is 2. The molecule has 5 nitrogen and oxygen atoms in total. The van der Waals surface area contributed by atoms with E-state index in [0.717, 1.165) is 24.2 Å². The van der Waals surface area contributed by atoms with Gasteiger partial charge in [-0.05, 0) is 50.5 Å². The number of rotatable bonds is 8. The third kappa shape index (κ3) is 5.30. The van der Waals surface area contributed by atoms with Crippen molar-refractivity contribution >= 4 is 17.5 Å². The van der Waals surface area contributed by atoms with Gasteiger partial charge in [0.25, 0.3) is 5.91 Å². The number of benzene rings is 1. The van der Waals surface area contributed by atoms with Crippen molar-refractivity contribution in [3.8, 4) is 0 Å². The molecule has 1 rings (SSSR count). The van der Waals surface area contributed by atoms with Crippen LogP contribution in [0.15, 0.2) is 18.2 Å². The molecule has 0 heterocycles. The summed E-state index contributed by atoms with van der Waals surface area (Å²) in [6, 6.07) is 5.60. The van der Waals surface area contributed by atoms with Crippen LogP contribution < -0.4 is 16.4 Å². The topological polar surface area (TPSA) is 84.2 Å². The van der Waals surface area contributed by atoms with Crippen molar-refractivity contribution in [2.24, 2.45) is 5.73 Å². The van der Waals surface area contributed by atoms with Gasteiger partial charge in [-0.25, -0.2) is 0 Å². The molecule has 0 unspecified atom stereocenters. The summed E-state index contributed by atoms with van der Waals surface area (Å²) in [5.41, 5.74) is 7.80. The summed E-state index contributed by atoms with van der Waals surface area (Å²) in [6.45, 7) is 5.42. The molecule has 0 fully saturated rings. The van der Waals surface area contributed by atoms with Crippen molar-refractivity contribution < 1.29 is 9.59 Å². The third-order valence-corrected chi connectivity index (χ3v) is 2.99. The molecule has 0 aliphatic heterocycles. The Morgan fingerprint density at radius 3 is 2.60 bits per heavy atom. The van der Waals surface area contributed by atoms with Crippen LogP contribution in [0, 0.1) is 6.92 Å². The van der Waals surface area contributed by atoms with Gasteiger partial charge in [0.05, 0.1) is 0 Å². The summed E-state index contributed by atoms with van der Waals surface area (Å²) in [6.07, 6.45) is 1.82. The predicted octanol–water partition coefficient (Wildman–Crippen LogP) is 1.81. The zero-order valence-corrected chi connectivity index (χ0v) is 12.2. The monoisotopic (exact) mass is 277 g/mol. The predicted molar refractivity (Wildman–Crippen MR) is 80.7 cm³/mol. The first-order chi connectivity index (χ1) is 9.54. The Labute approximate surface area is 119 Å². The smallest absolute Gasteiger partial charge is 0.251 e. The molecule has 5 heteroatoms. The number of amides is 2. The molecule has 4 N–H and O–H groups in total. The summed E-state index contributed by atoms with van der Waals surface area (Å²) < 4.78 is 0. The summed E-state index contributed by atoms with van der Waals surface area (Å²) in [5, 5.41) is 6.08. The quantitative estimate of drug-likeness (QED) is 0.634. The van der Waals surface area contributed by atoms with E-state index in [4.69, 9.17) is 5.73 Å². The summed E-state index contributed by atoms with van der Waals surface area (Å²) in [4.78, 5) is 22.5. The first-order valence-electron chi connectivity index (χ1n) is 6.95. The molecule has 1 aromatic carbocycles. The van der Waals surface area contributed by atoms with Gasteiger partial charge in [0.1, 0.15) is 0 Å². The van der Waals surface area contributed by atoms with Crippen LogP contribution in [0.2, 0.25) is 0 Å².